The van der Waals surface area contributed by atoms with Crippen molar-refractivity contribution in [3.63, 3.8) is 0 Å². The Morgan fingerprint density at radius 1 is 1.57 bits per heavy atom. The van der Waals surface area contributed by atoms with E-state index in [1.165, 1.54) is 20.1 Å². The van der Waals surface area contributed by atoms with Crippen molar-refractivity contribution < 1.29 is 23.8 Å². The molecule has 1 heterocycles. The van der Waals surface area contributed by atoms with Gasteiger partial charge < -0.3 is 14.2 Å². The molecule has 76 valence electrons. The average Bonchev–Trinajstić information content (AvgIpc) is 2.88. The second-order valence-corrected chi connectivity index (χ2v) is 3.20. The Labute approximate surface area is 80.6 Å². The largest absolute Gasteiger partial charge is 0.497 e. The number of ether oxygens (including phenoxy) is 3. The van der Waals surface area contributed by atoms with Gasteiger partial charge in [-0.1, -0.05) is 0 Å². The maximum atomic E-state index is 11.2. The SMILES string of the molecule is COC1=CC(=O)[C@H]2O[C@H]2[C@H]1OC(C)=O. The molecule has 3 atom stereocenters. The standard InChI is InChI=1S/C9H10O5/c1-4(10)13-8-6(12-2)3-5(11)7-9(8)14-7/h3,7-9H,1-2H3/t7-,8+,9-/m1/s1. The van der Waals surface area contributed by atoms with Crippen LogP contribution in [0.4, 0.5) is 0 Å². The number of fused-ring (bicyclic) bond motifs is 1. The molecule has 0 bridgehead atoms. The van der Waals surface area contributed by atoms with Crippen molar-refractivity contribution in [1.82, 2.24) is 0 Å². The predicted octanol–water partition coefficient (Wildman–Crippen LogP) is -0.202. The Morgan fingerprint density at radius 3 is 2.86 bits per heavy atom. The highest BCUT2D eigenvalue weighted by molar-refractivity contribution is 5.97. The number of ketones is 1. The van der Waals surface area contributed by atoms with Gasteiger partial charge in [0.15, 0.2) is 18.0 Å². The zero-order valence-corrected chi connectivity index (χ0v) is 7.85. The van der Waals surface area contributed by atoms with Gasteiger partial charge in [0.2, 0.25) is 0 Å². The first kappa shape index (κ1) is 9.21. The van der Waals surface area contributed by atoms with Crippen molar-refractivity contribution in [3.05, 3.63) is 11.8 Å². The minimum Gasteiger partial charge on any atom is -0.497 e. The quantitative estimate of drug-likeness (QED) is 0.454. The lowest BCUT2D eigenvalue weighted by atomic mass is 10.0. The Morgan fingerprint density at radius 2 is 2.29 bits per heavy atom. The maximum Gasteiger partial charge on any atom is 0.303 e. The fourth-order valence-corrected chi connectivity index (χ4v) is 1.53. The number of rotatable bonds is 2. The molecular formula is C9H10O5. The van der Waals surface area contributed by atoms with E-state index >= 15 is 0 Å². The van der Waals surface area contributed by atoms with Gasteiger partial charge in [0, 0.05) is 13.0 Å². The fourth-order valence-electron chi connectivity index (χ4n) is 1.53. The first-order chi connectivity index (χ1) is 6.63. The molecule has 2 aliphatic rings. The van der Waals surface area contributed by atoms with Gasteiger partial charge in [-0.05, 0) is 0 Å². The number of carbonyl (C=O) groups is 2. The lowest BCUT2D eigenvalue weighted by molar-refractivity contribution is -0.147. The molecule has 0 radical (unpaired) electrons. The maximum absolute atomic E-state index is 11.2. The van der Waals surface area contributed by atoms with Gasteiger partial charge in [-0.25, -0.2) is 0 Å². The van der Waals surface area contributed by atoms with Crippen LogP contribution >= 0.6 is 0 Å². The van der Waals surface area contributed by atoms with Crippen molar-refractivity contribution in [3.8, 4) is 0 Å². The number of esters is 1. The van der Waals surface area contributed by atoms with Crippen LogP contribution in [0.3, 0.4) is 0 Å². The normalized spacial score (nSPS) is 34.3. The van der Waals surface area contributed by atoms with E-state index in [-0.39, 0.29) is 11.9 Å². The van der Waals surface area contributed by atoms with Gasteiger partial charge in [0.25, 0.3) is 0 Å². The molecule has 0 amide bonds. The molecular weight excluding hydrogens is 188 g/mol. The van der Waals surface area contributed by atoms with Crippen LogP contribution in [0, 0.1) is 0 Å². The Hall–Kier alpha value is -1.36. The molecule has 1 aliphatic carbocycles. The number of hydrogen-bond acceptors (Lipinski definition) is 5. The van der Waals surface area contributed by atoms with E-state index in [4.69, 9.17) is 14.2 Å². The molecule has 1 fully saturated rings. The van der Waals surface area contributed by atoms with E-state index in [1.54, 1.807) is 0 Å². The minimum absolute atomic E-state index is 0.129. The van der Waals surface area contributed by atoms with E-state index in [9.17, 15) is 9.59 Å². The van der Waals surface area contributed by atoms with Crippen LogP contribution in [0.25, 0.3) is 0 Å². The first-order valence-electron chi connectivity index (χ1n) is 4.25. The Kier molecular flexibility index (Phi) is 2.03. The number of hydrogen-bond donors (Lipinski definition) is 0. The summed E-state index contributed by atoms with van der Waals surface area (Å²) in [5, 5.41) is 0. The third kappa shape index (κ3) is 1.39. The van der Waals surface area contributed by atoms with Crippen LogP contribution in [-0.4, -0.2) is 37.2 Å². The van der Waals surface area contributed by atoms with E-state index in [2.05, 4.69) is 0 Å². The van der Waals surface area contributed by atoms with Crippen molar-refractivity contribution in [2.45, 2.75) is 25.2 Å². The third-order valence-electron chi connectivity index (χ3n) is 2.20. The molecule has 0 aromatic carbocycles. The van der Waals surface area contributed by atoms with E-state index in [0.717, 1.165) is 0 Å². The topological polar surface area (TPSA) is 65.1 Å². The van der Waals surface area contributed by atoms with Gasteiger partial charge in [-0.2, -0.15) is 0 Å². The summed E-state index contributed by atoms with van der Waals surface area (Å²) in [4.78, 5) is 22.0. The van der Waals surface area contributed by atoms with Crippen molar-refractivity contribution >= 4 is 11.8 Å². The van der Waals surface area contributed by atoms with Gasteiger partial charge in [0.1, 0.15) is 11.9 Å². The summed E-state index contributed by atoms with van der Waals surface area (Å²) in [5.74, 6) is -0.194. The number of epoxide rings is 1. The second-order valence-electron chi connectivity index (χ2n) is 3.20. The number of methoxy groups -OCH3 is 1. The molecule has 14 heavy (non-hydrogen) atoms. The molecule has 0 N–H and O–H groups in total. The molecule has 1 aliphatic heterocycles. The van der Waals surface area contributed by atoms with Crippen LogP contribution in [-0.2, 0) is 23.8 Å². The molecule has 0 unspecified atom stereocenters. The lowest BCUT2D eigenvalue weighted by Crippen LogP contribution is -2.32. The highest BCUT2D eigenvalue weighted by Gasteiger charge is 2.55. The molecule has 5 nitrogen and oxygen atoms in total. The fraction of sp³-hybridized carbons (Fsp3) is 0.556. The highest BCUT2D eigenvalue weighted by atomic mass is 16.6. The van der Waals surface area contributed by atoms with Crippen LogP contribution in [0.1, 0.15) is 6.92 Å². The summed E-state index contributed by atoms with van der Waals surface area (Å²) in [6, 6.07) is 0. The van der Waals surface area contributed by atoms with Crippen LogP contribution in [0.15, 0.2) is 11.8 Å². The zero-order chi connectivity index (χ0) is 10.3. The van der Waals surface area contributed by atoms with Crippen molar-refractivity contribution in [2.75, 3.05) is 7.11 Å². The van der Waals surface area contributed by atoms with Gasteiger partial charge in [0.05, 0.1) is 7.11 Å². The lowest BCUT2D eigenvalue weighted by Gasteiger charge is -2.19. The van der Waals surface area contributed by atoms with Gasteiger partial charge >= 0.3 is 5.97 Å². The molecule has 5 heteroatoms. The molecule has 0 saturated carbocycles. The summed E-state index contributed by atoms with van der Waals surface area (Å²) < 4.78 is 15.0. The monoisotopic (exact) mass is 198 g/mol. The Balaban J connectivity index is 2.18. The Bertz CT molecular complexity index is 319. The summed E-state index contributed by atoms with van der Waals surface area (Å²) in [5.41, 5.74) is 0. The molecule has 1 saturated heterocycles. The average molecular weight is 198 g/mol. The smallest absolute Gasteiger partial charge is 0.303 e. The van der Waals surface area contributed by atoms with Crippen LogP contribution in [0.2, 0.25) is 0 Å². The molecule has 0 aromatic heterocycles. The van der Waals surface area contributed by atoms with Crippen LogP contribution in [0.5, 0.6) is 0 Å². The van der Waals surface area contributed by atoms with Gasteiger partial charge in [-0.3, -0.25) is 9.59 Å². The summed E-state index contributed by atoms with van der Waals surface area (Å²) in [7, 11) is 1.43. The third-order valence-corrected chi connectivity index (χ3v) is 2.20. The van der Waals surface area contributed by atoms with E-state index in [0.29, 0.717) is 5.76 Å². The van der Waals surface area contributed by atoms with Crippen LogP contribution < -0.4 is 0 Å². The van der Waals surface area contributed by atoms with Crippen molar-refractivity contribution in [1.29, 1.82) is 0 Å². The summed E-state index contributed by atoms with van der Waals surface area (Å²) in [6.45, 7) is 1.31. The zero-order valence-electron chi connectivity index (χ0n) is 7.85. The minimum atomic E-state index is -0.569. The molecule has 2 rings (SSSR count). The van der Waals surface area contributed by atoms with E-state index in [1.807, 2.05) is 0 Å². The highest BCUT2D eigenvalue weighted by Crippen LogP contribution is 2.36. The second kappa shape index (κ2) is 3.09. The predicted molar refractivity (Wildman–Crippen MR) is 44.3 cm³/mol. The van der Waals surface area contributed by atoms with Crippen molar-refractivity contribution in [2.24, 2.45) is 0 Å². The molecule has 0 spiro atoms. The molecule has 0 aromatic rings. The van der Waals surface area contributed by atoms with Gasteiger partial charge in [-0.15, -0.1) is 0 Å². The first-order valence-corrected chi connectivity index (χ1v) is 4.25. The number of carbonyl (C=O) groups excluding carboxylic acids is 2. The van der Waals surface area contributed by atoms with E-state index < -0.39 is 18.2 Å². The summed E-state index contributed by atoms with van der Waals surface area (Å²) in [6.07, 6.45) is -0.0494. The summed E-state index contributed by atoms with van der Waals surface area (Å²) >= 11 is 0.